The Morgan fingerprint density at radius 3 is 1.40 bits per heavy atom. The number of amides is 1. The van der Waals surface area contributed by atoms with E-state index >= 15 is 0 Å². The molecular weight excluding hydrogens is 1720 g/mol. The van der Waals surface area contributed by atoms with Crippen LogP contribution in [0.3, 0.4) is 0 Å². The molecule has 6 aromatic carbocycles. The van der Waals surface area contributed by atoms with Gasteiger partial charge in [-0.15, -0.1) is 0 Å². The van der Waals surface area contributed by atoms with Crippen molar-refractivity contribution in [3.8, 4) is 0 Å². The topological polar surface area (TPSA) is 261 Å². The third-order valence-corrected chi connectivity index (χ3v) is 22.0. The van der Waals surface area contributed by atoms with Crippen LogP contribution < -0.4 is 33.7 Å². The Balaban J connectivity index is 0.000000123. The Morgan fingerprint density at radius 2 is 1.00 bits per heavy atom. The molecule has 107 heavy (non-hydrogen) atoms. The van der Waals surface area contributed by atoms with Crippen molar-refractivity contribution in [2.75, 3.05) is 5.73 Å². The van der Waals surface area contributed by atoms with Gasteiger partial charge >= 0.3 is 30.9 Å². The molecule has 0 aromatic heterocycles. The summed E-state index contributed by atoms with van der Waals surface area (Å²) >= 11 is 12.6. The van der Waals surface area contributed by atoms with Crippen molar-refractivity contribution in [3.63, 3.8) is 0 Å². The molecule has 17 nitrogen and oxygen atoms in total. The largest absolute Gasteiger partial charge is 0.462 e. The van der Waals surface area contributed by atoms with Gasteiger partial charge in [-0.3, -0.25) is 14.9 Å². The summed E-state index contributed by atoms with van der Waals surface area (Å²) in [7, 11) is 0. The Hall–Kier alpha value is -7.29. The van der Waals surface area contributed by atoms with E-state index in [0.717, 1.165) is 12.1 Å². The fraction of sp³-hybridized carbons (Fsp3) is 0.414. The van der Waals surface area contributed by atoms with Crippen LogP contribution in [0.25, 0.3) is 0 Å². The first kappa shape index (κ1) is 79.3. The highest BCUT2D eigenvalue weighted by atomic mass is 79.9. The number of oxime groups is 1. The van der Waals surface area contributed by atoms with Crippen LogP contribution in [0.2, 0.25) is 0 Å². The number of nitrogen functional groups attached to an aromatic ring is 1. The van der Waals surface area contributed by atoms with E-state index in [-0.39, 0.29) is 40.8 Å². The predicted octanol–water partition coefficient (Wildman–Crippen LogP) is 15.7. The van der Waals surface area contributed by atoms with E-state index in [1.54, 1.807) is 54.6 Å². The number of rotatable bonds is 7. The number of hydroxylamine groups is 1. The molecule has 7 fully saturated rings. The lowest BCUT2D eigenvalue weighted by Gasteiger charge is -2.36. The lowest BCUT2D eigenvalue weighted by Crippen LogP contribution is -2.53. The van der Waals surface area contributed by atoms with Crippen LogP contribution in [0.15, 0.2) is 184 Å². The SMILES string of the molecule is CC1=NOC2CC12.Fc1ccc(Br)cc1[C@@]1(C(F)(F)F)NOC2C[C@@H]21.NC1=N[C@@](c2cccc(Br)c2)(C(F)(F)F)[C@H]2CC2O1.NC1=N[C@@](c2cccc(N)c2)(C(F)(F)F)[C@H]2CC2O1.N[C@](c1cccc(Br)c1)([C@H]1CC1O)C(F)(F)F.O=C(NC1=N[C@@](c2cccc(Br)c2)(C(F)(F)F)[C@H]2CC2O1)c1ccccc1. The molecule has 1 saturated heterocycles. The summed E-state index contributed by atoms with van der Waals surface area (Å²) in [5.41, 5.74) is 13.4. The standard InChI is InChI=1S/C19H14BrF3N2O2.C12H10BrF3N2O.C12H12F3N3O.C11H8BrF4NO.C11H11BrF3NO.C5H7NO/c20-13-8-4-7-12(9-13)18(19(21,22)23)14-10-15(14)27-17(25-18)24-16(26)11-5-2-1-3-6-11;13-7-3-1-2-6(4-7)11(12(14,15)16)8-5-9(8)19-10(17)18-11;13-12(14,15)11(6-2-1-3-7(16)4-6)8-5-9(8)19-10(17)18-11;12-5-1-2-8(13)6(3-5)10(11(14,15)16)7-4-9(7)18-17-10;12-7-3-1-2-6(4-7)10(16,11(13,14)15)8-5-9(8)17;1-3-4-2-5(4)7-6-3/h1-9,14-15H,10H2,(H,24,25,26);1-4,8-9H,5H2,(H2,17,18);1-4,8-9H,5,16H2,(H2,17,18);1-3,7,9,17H,4H2;1-4,8-9,17H,5,16H2;4-5H,2H2,1H3/t14-,15?,18+;2*8-,9?,11+;7-,9?,10+;8-,9?,10+;/m00000./s1. The molecule has 17 rings (SSSR count). The zero-order valence-electron chi connectivity index (χ0n) is 55.1. The number of ether oxygens (including phenoxy) is 3. The van der Waals surface area contributed by atoms with Gasteiger partial charge in [0.25, 0.3) is 24.0 Å². The van der Waals surface area contributed by atoms with E-state index in [1.165, 1.54) is 91.0 Å². The molecule has 5 heterocycles. The van der Waals surface area contributed by atoms with E-state index in [9.17, 15) is 80.1 Å². The second-order valence-electron chi connectivity index (χ2n) is 27.1. The molecule has 7 unspecified atom stereocenters. The summed E-state index contributed by atoms with van der Waals surface area (Å²) in [6, 6.07) is 34.1. The van der Waals surface area contributed by atoms with Crippen molar-refractivity contribution in [1.82, 2.24) is 10.8 Å². The van der Waals surface area contributed by atoms with Crippen LogP contribution in [0.5, 0.6) is 0 Å². The molecule has 17 atom stereocenters. The summed E-state index contributed by atoms with van der Waals surface area (Å²) in [5.74, 6) is -4.73. The van der Waals surface area contributed by atoms with E-state index in [0.29, 0.717) is 54.7 Å². The third-order valence-electron chi connectivity index (χ3n) is 20.0. The molecule has 6 aromatic rings. The van der Waals surface area contributed by atoms with Crippen molar-refractivity contribution in [2.45, 2.75) is 141 Å². The Labute approximate surface area is 632 Å². The number of hydrogen-bond acceptors (Lipinski definition) is 16. The van der Waals surface area contributed by atoms with Crippen LogP contribution in [0.4, 0.5) is 75.9 Å². The number of nitrogens with zero attached hydrogens (tertiary/aromatic N) is 4. The maximum absolute atomic E-state index is 14.2. The summed E-state index contributed by atoms with van der Waals surface area (Å²) in [6.07, 6.45) is -23.1. The Bertz CT molecular complexity index is 4390. The first-order valence-electron chi connectivity index (χ1n) is 32.7. The number of halogens is 20. The maximum Gasteiger partial charge on any atom is 0.418 e. The number of nitrogens with one attached hydrogen (secondary N) is 2. The number of alkyl halides is 15. The summed E-state index contributed by atoms with van der Waals surface area (Å²) in [6.45, 7) is 2.03. The second kappa shape index (κ2) is 28.9. The molecule has 37 heteroatoms. The van der Waals surface area contributed by atoms with E-state index < -0.39 is 154 Å². The van der Waals surface area contributed by atoms with Gasteiger partial charge < -0.3 is 47.1 Å². The molecule has 0 radical (unpaired) electrons. The fourth-order valence-corrected chi connectivity index (χ4v) is 15.7. The minimum Gasteiger partial charge on any atom is -0.462 e. The van der Waals surface area contributed by atoms with Gasteiger partial charge in [-0.2, -0.15) is 71.3 Å². The number of carbonyl (C=O) groups is 1. The van der Waals surface area contributed by atoms with E-state index in [2.05, 4.69) is 89.2 Å². The number of anilines is 1. The molecule has 0 bridgehead atoms. The van der Waals surface area contributed by atoms with Crippen LogP contribution >= 0.6 is 63.7 Å². The number of aliphatic imine (C=N–C) groups is 3. The number of aliphatic hydroxyl groups is 1. The van der Waals surface area contributed by atoms with E-state index in [4.69, 9.17) is 46.8 Å². The first-order valence-corrected chi connectivity index (χ1v) is 35.9. The Morgan fingerprint density at radius 1 is 0.533 bits per heavy atom. The average molecular weight is 1780 g/mol. The molecular formula is C70H62Br4F16N10O7. The van der Waals surface area contributed by atoms with Crippen LogP contribution in [-0.4, -0.2) is 102 Å². The second-order valence-corrected chi connectivity index (χ2v) is 30.8. The van der Waals surface area contributed by atoms with Gasteiger partial charge in [0.2, 0.25) is 0 Å². The van der Waals surface area contributed by atoms with E-state index in [1.807, 2.05) is 12.4 Å². The average Bonchev–Trinajstić information content (AvgIpc) is 1.59. The number of carbonyl (C=O) groups excluding carboxylic acids is 1. The van der Waals surface area contributed by atoms with Gasteiger partial charge in [0, 0.05) is 70.2 Å². The van der Waals surface area contributed by atoms with Crippen molar-refractivity contribution >= 4 is 99.1 Å². The fourth-order valence-electron chi connectivity index (χ4n) is 14.1. The monoisotopic (exact) mass is 1770 g/mol. The summed E-state index contributed by atoms with van der Waals surface area (Å²) in [4.78, 5) is 33.3. The van der Waals surface area contributed by atoms with Gasteiger partial charge in [0.15, 0.2) is 22.2 Å². The normalized spacial score (nSPS) is 31.5. The first-order chi connectivity index (χ1) is 50.0. The maximum atomic E-state index is 14.2. The summed E-state index contributed by atoms with van der Waals surface area (Å²) in [5, 5.41) is 15.4. The highest BCUT2D eigenvalue weighted by molar-refractivity contribution is 9.11. The van der Waals surface area contributed by atoms with Gasteiger partial charge in [-0.1, -0.05) is 136 Å². The number of hydrogen-bond donors (Lipinski definition) is 7. The molecule has 574 valence electrons. The minimum atomic E-state index is -4.64. The minimum absolute atomic E-state index is 0.0127. The highest BCUT2D eigenvalue weighted by Gasteiger charge is 2.76. The number of amidine groups is 3. The quantitative estimate of drug-likeness (QED) is 0.0581. The number of benzene rings is 6. The van der Waals surface area contributed by atoms with Crippen LogP contribution in [-0.2, 0) is 51.6 Å². The van der Waals surface area contributed by atoms with Crippen molar-refractivity contribution in [1.29, 1.82) is 0 Å². The highest BCUT2D eigenvalue weighted by Crippen LogP contribution is 2.64. The predicted molar refractivity (Wildman–Crippen MR) is 370 cm³/mol. The smallest absolute Gasteiger partial charge is 0.418 e. The Kier molecular flexibility index (Phi) is 21.4. The molecule has 11 aliphatic rings. The van der Waals surface area contributed by atoms with Gasteiger partial charge in [0.05, 0.1) is 17.9 Å². The number of nitrogens with two attached hydrogens (primary N) is 4. The van der Waals surface area contributed by atoms with Gasteiger partial charge in [-0.25, -0.2) is 19.4 Å². The zero-order valence-corrected chi connectivity index (χ0v) is 61.4. The lowest BCUT2D eigenvalue weighted by atomic mass is 9.84. The van der Waals surface area contributed by atoms with Crippen molar-refractivity contribution in [3.05, 3.63) is 203 Å². The number of fused-ring (bicyclic) bond motifs is 5. The molecule has 5 aliphatic heterocycles. The van der Waals surface area contributed by atoms with Gasteiger partial charge in [0.1, 0.15) is 35.8 Å². The van der Waals surface area contributed by atoms with Crippen LogP contribution in [0, 0.1) is 41.3 Å². The van der Waals surface area contributed by atoms with Crippen LogP contribution in [0.1, 0.15) is 83.6 Å². The zero-order chi connectivity index (χ0) is 77.7. The molecule has 1 amide bonds. The van der Waals surface area contributed by atoms with Gasteiger partial charge in [-0.05, 0) is 147 Å². The van der Waals surface area contributed by atoms with Crippen molar-refractivity contribution in [2.24, 2.45) is 72.8 Å². The molecule has 11 N–H and O–H groups in total. The van der Waals surface area contributed by atoms with Crippen molar-refractivity contribution < 1.29 is 104 Å². The summed E-state index contributed by atoms with van der Waals surface area (Å²) < 4.78 is 235. The lowest BCUT2D eigenvalue weighted by molar-refractivity contribution is -0.223. The number of aliphatic hydroxyl groups excluding tert-OH is 1. The third kappa shape index (κ3) is 15.4. The molecule has 6 aliphatic carbocycles. The molecule has 6 saturated carbocycles. The molecule has 0 spiro atoms.